The Labute approximate surface area is 98.3 Å². The van der Waals surface area contributed by atoms with Gasteiger partial charge in [-0.25, -0.2) is 4.99 Å². The molecule has 88 valence electrons. The number of nitrogens with two attached hydrogens (primary N) is 2. The predicted molar refractivity (Wildman–Crippen MR) is 65.6 cm³/mol. The summed E-state index contributed by atoms with van der Waals surface area (Å²) in [4.78, 5) is 8.41. The molecule has 1 aliphatic heterocycles. The molecule has 1 aromatic carbocycles. The highest BCUT2D eigenvalue weighted by Gasteiger charge is 2.15. The highest BCUT2D eigenvalue weighted by molar-refractivity contribution is 6.10. The van der Waals surface area contributed by atoms with Crippen LogP contribution in [0.4, 0.5) is 0 Å². The zero-order valence-corrected chi connectivity index (χ0v) is 9.09. The van der Waals surface area contributed by atoms with Crippen molar-refractivity contribution in [1.82, 2.24) is 5.48 Å². The van der Waals surface area contributed by atoms with E-state index in [1.165, 1.54) is 0 Å². The lowest BCUT2D eigenvalue weighted by Gasteiger charge is -2.14. The molecule has 17 heavy (non-hydrogen) atoms. The lowest BCUT2D eigenvalue weighted by Crippen LogP contribution is -2.29. The second kappa shape index (κ2) is 4.67. The van der Waals surface area contributed by atoms with Gasteiger partial charge in [-0.2, -0.15) is 0 Å². The van der Waals surface area contributed by atoms with Crippen LogP contribution < -0.4 is 16.9 Å². The Morgan fingerprint density at radius 1 is 1.29 bits per heavy atom. The first-order valence-electron chi connectivity index (χ1n) is 5.05. The summed E-state index contributed by atoms with van der Waals surface area (Å²) < 4.78 is 0. The van der Waals surface area contributed by atoms with Crippen molar-refractivity contribution >= 4 is 11.5 Å². The molecule has 0 bridgehead atoms. The van der Waals surface area contributed by atoms with Crippen LogP contribution in [0.15, 0.2) is 51.8 Å². The van der Waals surface area contributed by atoms with E-state index in [4.69, 9.17) is 16.7 Å². The summed E-state index contributed by atoms with van der Waals surface area (Å²) in [5.74, 6) is 0.197. The van der Waals surface area contributed by atoms with Gasteiger partial charge in [0.2, 0.25) is 0 Å². The molecule has 0 fully saturated rings. The number of nitrogens with zero attached hydrogens (tertiary/aromatic N) is 2. The van der Waals surface area contributed by atoms with Crippen LogP contribution in [0.3, 0.4) is 0 Å². The smallest absolute Gasteiger partial charge is 0.150 e. The van der Waals surface area contributed by atoms with Crippen molar-refractivity contribution in [2.75, 3.05) is 6.54 Å². The molecule has 0 radical (unpaired) electrons. The lowest BCUT2D eigenvalue weighted by atomic mass is 10.1. The minimum Gasteiger partial charge on any atom is -0.382 e. The van der Waals surface area contributed by atoms with Gasteiger partial charge in [0.05, 0.1) is 12.3 Å². The van der Waals surface area contributed by atoms with Crippen LogP contribution in [-0.2, 0) is 0 Å². The molecule has 6 N–H and O–H groups in total. The van der Waals surface area contributed by atoms with Gasteiger partial charge in [-0.3, -0.25) is 15.7 Å². The Hall–Kier alpha value is -2.34. The molecule has 0 amide bonds. The largest absolute Gasteiger partial charge is 0.382 e. The number of hydrogen-bond acceptors (Lipinski definition) is 6. The summed E-state index contributed by atoms with van der Waals surface area (Å²) >= 11 is 0. The van der Waals surface area contributed by atoms with Gasteiger partial charge < -0.3 is 11.5 Å². The molecule has 6 heteroatoms. The van der Waals surface area contributed by atoms with Crippen molar-refractivity contribution in [3.63, 3.8) is 0 Å². The van der Waals surface area contributed by atoms with Gasteiger partial charge in [-0.05, 0) is 5.56 Å². The zero-order valence-electron chi connectivity index (χ0n) is 9.09. The standard InChI is InChI=1S/C11H13N5O/c12-10-9(11(13)16-17)15-8(6-14-10)7-4-2-1-3-5-7/h1-5,16-17H,6,13H2,(H2,12,14). The van der Waals surface area contributed by atoms with Crippen LogP contribution in [-0.4, -0.2) is 23.3 Å². The third-order valence-corrected chi connectivity index (χ3v) is 2.37. The Morgan fingerprint density at radius 2 is 2.00 bits per heavy atom. The van der Waals surface area contributed by atoms with Crippen LogP contribution >= 0.6 is 0 Å². The summed E-state index contributed by atoms with van der Waals surface area (Å²) in [6.45, 7) is 0.401. The summed E-state index contributed by atoms with van der Waals surface area (Å²) in [6.07, 6.45) is 0. The first kappa shape index (κ1) is 11.2. The Balaban J connectivity index is 2.40. The minimum absolute atomic E-state index is 0.0145. The molecular formula is C11H13N5O. The van der Waals surface area contributed by atoms with E-state index in [-0.39, 0.29) is 17.4 Å². The first-order chi connectivity index (χ1) is 8.22. The molecule has 1 heterocycles. The fraction of sp³-hybridized carbons (Fsp3) is 0.0909. The lowest BCUT2D eigenvalue weighted by molar-refractivity contribution is 0.198. The molecule has 0 spiro atoms. The number of hydrogen-bond donors (Lipinski definition) is 4. The third-order valence-electron chi connectivity index (χ3n) is 2.37. The fourth-order valence-electron chi connectivity index (χ4n) is 1.50. The van der Waals surface area contributed by atoms with E-state index in [1.54, 1.807) is 0 Å². The van der Waals surface area contributed by atoms with Gasteiger partial charge in [0.15, 0.2) is 5.82 Å². The van der Waals surface area contributed by atoms with E-state index in [2.05, 4.69) is 9.98 Å². The average Bonchev–Trinajstić information content (AvgIpc) is 2.39. The maximum absolute atomic E-state index is 8.75. The van der Waals surface area contributed by atoms with E-state index >= 15 is 0 Å². The molecule has 0 aromatic heterocycles. The van der Waals surface area contributed by atoms with Gasteiger partial charge in [0, 0.05) is 0 Å². The summed E-state index contributed by atoms with van der Waals surface area (Å²) in [7, 11) is 0. The average molecular weight is 231 g/mol. The molecule has 1 aromatic rings. The normalized spacial score (nSPS) is 18.2. The van der Waals surface area contributed by atoms with Crippen molar-refractivity contribution in [2.24, 2.45) is 21.5 Å². The molecule has 0 atom stereocenters. The van der Waals surface area contributed by atoms with Crippen LogP contribution in [0.25, 0.3) is 0 Å². The molecule has 0 saturated carbocycles. The minimum atomic E-state index is -0.0145. The third kappa shape index (κ3) is 2.26. The number of nitrogens with one attached hydrogen (secondary N) is 1. The summed E-state index contributed by atoms with van der Waals surface area (Å²) in [5.41, 5.74) is 15.0. The van der Waals surface area contributed by atoms with Gasteiger partial charge in [0.25, 0.3) is 0 Å². The van der Waals surface area contributed by atoms with Crippen molar-refractivity contribution in [1.29, 1.82) is 0 Å². The van der Waals surface area contributed by atoms with Gasteiger partial charge in [0.1, 0.15) is 11.5 Å². The topological polar surface area (TPSA) is 109 Å². The number of hydroxylamine groups is 1. The van der Waals surface area contributed by atoms with E-state index in [9.17, 15) is 0 Å². The fourth-order valence-corrected chi connectivity index (χ4v) is 1.50. The SMILES string of the molecule is NC1=NCC(c2ccccc2)=NC1=C(N)NO. The van der Waals surface area contributed by atoms with Crippen LogP contribution in [0.2, 0.25) is 0 Å². The Kier molecular flexibility index (Phi) is 3.06. The first-order valence-corrected chi connectivity index (χ1v) is 5.05. The molecule has 6 nitrogen and oxygen atoms in total. The second-order valence-electron chi connectivity index (χ2n) is 3.50. The van der Waals surface area contributed by atoms with E-state index in [0.717, 1.165) is 11.3 Å². The zero-order chi connectivity index (χ0) is 12.3. The van der Waals surface area contributed by atoms with Crippen LogP contribution in [0.1, 0.15) is 5.56 Å². The molecule has 0 saturated heterocycles. The molecular weight excluding hydrogens is 218 g/mol. The number of rotatable bonds is 2. The summed E-state index contributed by atoms with van der Waals surface area (Å²) in [5, 5.41) is 8.75. The maximum atomic E-state index is 8.75. The van der Waals surface area contributed by atoms with Crippen molar-refractivity contribution in [2.45, 2.75) is 0 Å². The Bertz CT molecular complexity index is 504. The highest BCUT2D eigenvalue weighted by atomic mass is 16.5. The highest BCUT2D eigenvalue weighted by Crippen LogP contribution is 2.11. The number of aliphatic imine (C=N–C) groups is 2. The summed E-state index contributed by atoms with van der Waals surface area (Å²) in [6, 6.07) is 9.60. The number of amidine groups is 1. The monoisotopic (exact) mass is 231 g/mol. The van der Waals surface area contributed by atoms with Gasteiger partial charge >= 0.3 is 0 Å². The molecule has 2 rings (SSSR count). The van der Waals surface area contributed by atoms with E-state index in [0.29, 0.717) is 6.54 Å². The van der Waals surface area contributed by atoms with E-state index < -0.39 is 0 Å². The second-order valence-corrected chi connectivity index (χ2v) is 3.50. The van der Waals surface area contributed by atoms with Crippen molar-refractivity contribution in [3.05, 3.63) is 47.4 Å². The Morgan fingerprint density at radius 3 is 2.65 bits per heavy atom. The maximum Gasteiger partial charge on any atom is 0.150 e. The molecule has 0 unspecified atom stereocenters. The van der Waals surface area contributed by atoms with Gasteiger partial charge in [-0.15, -0.1) is 0 Å². The van der Waals surface area contributed by atoms with Crippen molar-refractivity contribution < 1.29 is 5.21 Å². The molecule has 0 aliphatic carbocycles. The van der Waals surface area contributed by atoms with E-state index in [1.807, 2.05) is 35.8 Å². The van der Waals surface area contributed by atoms with Gasteiger partial charge in [-0.1, -0.05) is 30.3 Å². The molecule has 1 aliphatic rings. The quantitative estimate of drug-likeness (QED) is 0.535. The predicted octanol–water partition coefficient (Wildman–Crippen LogP) is -0.0469. The van der Waals surface area contributed by atoms with Crippen LogP contribution in [0, 0.1) is 0 Å². The van der Waals surface area contributed by atoms with Crippen molar-refractivity contribution in [3.8, 4) is 0 Å². The number of benzene rings is 1. The van der Waals surface area contributed by atoms with Crippen LogP contribution in [0.5, 0.6) is 0 Å².